The first-order chi connectivity index (χ1) is 17.4. The number of terminal acetylenes is 1. The van der Waals surface area contributed by atoms with E-state index in [1.807, 2.05) is 18.1 Å². The Morgan fingerprint density at radius 2 is 1.94 bits per heavy atom. The predicted octanol–water partition coefficient (Wildman–Crippen LogP) is 6.85. The van der Waals surface area contributed by atoms with Crippen molar-refractivity contribution in [3.8, 4) is 12.3 Å². The number of hydrazone groups is 1. The van der Waals surface area contributed by atoms with Gasteiger partial charge in [-0.15, -0.1) is 11.5 Å². The van der Waals surface area contributed by atoms with Crippen LogP contribution in [-0.2, 0) is 17.7 Å². The van der Waals surface area contributed by atoms with Gasteiger partial charge in [-0.3, -0.25) is 5.01 Å². The van der Waals surface area contributed by atoms with Gasteiger partial charge in [0, 0.05) is 25.6 Å². The van der Waals surface area contributed by atoms with Crippen LogP contribution in [0.1, 0.15) is 51.7 Å². The molecule has 3 rings (SSSR count). The summed E-state index contributed by atoms with van der Waals surface area (Å²) in [6.07, 6.45) is 19.4. The average molecular weight is 484 g/mol. The van der Waals surface area contributed by atoms with Gasteiger partial charge in [-0.25, -0.2) is 0 Å². The zero-order valence-corrected chi connectivity index (χ0v) is 22.6. The second-order valence-electron chi connectivity index (χ2n) is 9.66. The van der Waals surface area contributed by atoms with E-state index >= 15 is 0 Å². The highest BCUT2D eigenvalue weighted by molar-refractivity contribution is 5.90. The molecule has 1 heterocycles. The van der Waals surface area contributed by atoms with Crippen LogP contribution >= 0.6 is 0 Å². The third-order valence-electron chi connectivity index (χ3n) is 6.83. The average Bonchev–Trinajstić information content (AvgIpc) is 3.67. The molecule has 0 saturated heterocycles. The van der Waals surface area contributed by atoms with Gasteiger partial charge in [0.1, 0.15) is 0 Å². The Bertz CT molecular complexity index is 1110. The van der Waals surface area contributed by atoms with Crippen LogP contribution < -0.4 is 0 Å². The molecule has 0 spiro atoms. The van der Waals surface area contributed by atoms with Crippen LogP contribution in [0.25, 0.3) is 0 Å². The monoisotopic (exact) mass is 483 g/mol. The van der Waals surface area contributed by atoms with Crippen molar-refractivity contribution in [3.63, 3.8) is 0 Å². The minimum atomic E-state index is 0.510. The summed E-state index contributed by atoms with van der Waals surface area (Å²) in [7, 11) is 1.98. The van der Waals surface area contributed by atoms with Gasteiger partial charge in [-0.2, -0.15) is 0 Å². The summed E-state index contributed by atoms with van der Waals surface area (Å²) >= 11 is 0. The molecular formula is C32H41N3O. The second kappa shape index (κ2) is 13.0. The Morgan fingerprint density at radius 1 is 1.22 bits per heavy atom. The zero-order chi connectivity index (χ0) is 26.1. The van der Waals surface area contributed by atoms with Crippen molar-refractivity contribution >= 4 is 5.90 Å². The van der Waals surface area contributed by atoms with Gasteiger partial charge in [0.2, 0.25) is 5.90 Å². The van der Waals surface area contributed by atoms with E-state index in [9.17, 15) is 0 Å². The Balaban J connectivity index is 1.74. The summed E-state index contributed by atoms with van der Waals surface area (Å²) in [6.45, 7) is 14.3. The third kappa shape index (κ3) is 7.28. The number of allylic oxidation sites excluding steroid dienone is 6. The van der Waals surface area contributed by atoms with E-state index in [1.54, 1.807) is 0 Å². The molecule has 0 aromatic heterocycles. The minimum Gasteiger partial charge on any atom is -0.476 e. The van der Waals surface area contributed by atoms with Crippen LogP contribution in [0.4, 0.5) is 0 Å². The lowest BCUT2D eigenvalue weighted by Gasteiger charge is -2.33. The van der Waals surface area contributed by atoms with E-state index in [-0.39, 0.29) is 0 Å². The van der Waals surface area contributed by atoms with Crippen LogP contribution in [0, 0.1) is 24.2 Å². The molecule has 4 heteroatoms. The van der Waals surface area contributed by atoms with Crippen LogP contribution in [0.3, 0.4) is 0 Å². The molecule has 1 aromatic carbocycles. The molecule has 2 atom stereocenters. The van der Waals surface area contributed by atoms with Crippen molar-refractivity contribution in [3.05, 3.63) is 94.9 Å². The SMILES string of the molecule is C#CCN(Cc1ccc(CC)cc1)C1=CC(OCC2CC2/C(C)=C/C=C(/C)C=C)=NN(C)C1=CCC. The molecule has 2 unspecified atom stereocenters. The number of benzene rings is 1. The van der Waals surface area contributed by atoms with Gasteiger partial charge in [-0.1, -0.05) is 86.1 Å². The molecular weight excluding hydrogens is 442 g/mol. The predicted molar refractivity (Wildman–Crippen MR) is 152 cm³/mol. The highest BCUT2D eigenvalue weighted by Crippen LogP contribution is 2.44. The standard InChI is InChI=1S/C32H41N3O/c1-8-12-30-31(35(19-9-2)22-27-17-15-26(11-4)16-18-27)21-32(33-34(30)7)36-23-28-20-29(28)25(6)14-13-24(5)10-3/h2,10,12-18,21,28-29H,3,8,11,19-20,22-23H2,1,4-7H3/b24-13-,25-14+,30-12?. The van der Waals surface area contributed by atoms with Crippen LogP contribution in [0.2, 0.25) is 0 Å². The Hall–Kier alpha value is -3.45. The molecule has 0 N–H and O–H groups in total. The Morgan fingerprint density at radius 3 is 2.58 bits per heavy atom. The fraction of sp³-hybridized carbons (Fsp3) is 0.406. The lowest BCUT2D eigenvalue weighted by Crippen LogP contribution is -2.32. The first-order valence-corrected chi connectivity index (χ1v) is 13.0. The summed E-state index contributed by atoms with van der Waals surface area (Å²) in [6, 6.07) is 8.78. The molecule has 0 radical (unpaired) electrons. The highest BCUT2D eigenvalue weighted by Gasteiger charge is 2.39. The number of hydrogen-bond donors (Lipinski definition) is 0. The fourth-order valence-electron chi connectivity index (χ4n) is 4.41. The summed E-state index contributed by atoms with van der Waals surface area (Å²) in [5.41, 5.74) is 7.24. The van der Waals surface area contributed by atoms with Crippen molar-refractivity contribution in [1.82, 2.24) is 9.91 Å². The zero-order valence-electron chi connectivity index (χ0n) is 22.6. The van der Waals surface area contributed by atoms with Crippen LogP contribution in [0.5, 0.6) is 0 Å². The molecule has 1 fully saturated rings. The third-order valence-corrected chi connectivity index (χ3v) is 6.83. The maximum Gasteiger partial charge on any atom is 0.233 e. The largest absolute Gasteiger partial charge is 0.476 e. The van der Waals surface area contributed by atoms with Crippen LogP contribution in [0.15, 0.2) is 88.9 Å². The van der Waals surface area contributed by atoms with E-state index in [0.29, 0.717) is 30.9 Å². The van der Waals surface area contributed by atoms with Crippen LogP contribution in [-0.4, -0.2) is 36.0 Å². The molecule has 1 saturated carbocycles. The van der Waals surface area contributed by atoms with Crippen molar-refractivity contribution in [2.75, 3.05) is 20.2 Å². The lowest BCUT2D eigenvalue weighted by molar-refractivity contribution is 0.262. The molecule has 2 aliphatic rings. The quantitative estimate of drug-likeness (QED) is 0.254. The number of rotatable bonds is 11. The van der Waals surface area contributed by atoms with Gasteiger partial charge < -0.3 is 9.64 Å². The lowest BCUT2D eigenvalue weighted by atomic mass is 10.1. The molecule has 1 aromatic rings. The Labute approximate surface area is 218 Å². The Kier molecular flexibility index (Phi) is 9.82. The van der Waals surface area contributed by atoms with Gasteiger partial charge in [-0.05, 0) is 50.2 Å². The van der Waals surface area contributed by atoms with Crippen molar-refractivity contribution in [2.24, 2.45) is 16.9 Å². The van der Waals surface area contributed by atoms with Crippen molar-refractivity contribution < 1.29 is 4.74 Å². The molecule has 4 nitrogen and oxygen atoms in total. The number of aryl methyl sites for hydroxylation is 1. The summed E-state index contributed by atoms with van der Waals surface area (Å²) in [4.78, 5) is 2.23. The van der Waals surface area contributed by atoms with E-state index in [2.05, 4.69) is 93.7 Å². The number of hydrogen-bond acceptors (Lipinski definition) is 4. The second-order valence-corrected chi connectivity index (χ2v) is 9.66. The maximum absolute atomic E-state index is 6.24. The topological polar surface area (TPSA) is 28.1 Å². The minimum absolute atomic E-state index is 0.510. The van der Waals surface area contributed by atoms with E-state index in [0.717, 1.165) is 37.2 Å². The van der Waals surface area contributed by atoms with E-state index in [4.69, 9.17) is 16.3 Å². The molecule has 1 aliphatic carbocycles. The number of likely N-dealkylation sites (N-methyl/N-ethyl adjacent to an activating group) is 1. The molecule has 1 aliphatic heterocycles. The normalized spacial score (nSPS) is 21.0. The summed E-state index contributed by atoms with van der Waals surface area (Å²) in [5, 5.41) is 6.63. The van der Waals surface area contributed by atoms with Gasteiger partial charge in [0.15, 0.2) is 0 Å². The first kappa shape index (κ1) is 27.1. The van der Waals surface area contributed by atoms with Gasteiger partial charge >= 0.3 is 0 Å². The summed E-state index contributed by atoms with van der Waals surface area (Å²) < 4.78 is 6.24. The molecule has 0 bridgehead atoms. The number of nitrogens with zero attached hydrogens (tertiary/aromatic N) is 3. The smallest absolute Gasteiger partial charge is 0.233 e. The van der Waals surface area contributed by atoms with Crippen molar-refractivity contribution in [1.29, 1.82) is 0 Å². The highest BCUT2D eigenvalue weighted by atomic mass is 16.5. The first-order valence-electron chi connectivity index (χ1n) is 13.0. The molecule has 36 heavy (non-hydrogen) atoms. The molecule has 190 valence electrons. The van der Waals surface area contributed by atoms with E-state index in [1.165, 1.54) is 22.3 Å². The van der Waals surface area contributed by atoms with Gasteiger partial charge in [0.25, 0.3) is 0 Å². The fourth-order valence-corrected chi connectivity index (χ4v) is 4.41. The van der Waals surface area contributed by atoms with E-state index < -0.39 is 0 Å². The van der Waals surface area contributed by atoms with Crippen molar-refractivity contribution in [2.45, 2.75) is 53.5 Å². The van der Waals surface area contributed by atoms with Gasteiger partial charge in [0.05, 0.1) is 24.5 Å². The summed E-state index contributed by atoms with van der Waals surface area (Å²) in [5.74, 6) is 4.58. The molecule has 0 amide bonds. The maximum atomic E-state index is 6.24. The number of ether oxygens (including phenoxy) is 1.